The van der Waals surface area contributed by atoms with E-state index < -0.39 is 0 Å². The molecule has 0 aliphatic carbocycles. The van der Waals surface area contributed by atoms with E-state index in [0.717, 1.165) is 43.3 Å². The number of morpholine rings is 1. The molecule has 3 rings (SSSR count). The van der Waals surface area contributed by atoms with Crippen molar-refractivity contribution in [3.63, 3.8) is 0 Å². The minimum Gasteiger partial charge on any atom is -0.367 e. The standard InChI is InChI=1S/C21H30FN5O2/c1-14(2)20-25-19(29-26-20)6-5-11-24-21(23-4)27-12-15(3)28-18(13-27)16-7-9-17(22)10-8-16/h7-10,14-15,18H,5-6,11-13H2,1-4H3,(H,23,24). The van der Waals surface area contributed by atoms with Crippen molar-refractivity contribution in [1.82, 2.24) is 20.4 Å². The van der Waals surface area contributed by atoms with E-state index in [1.54, 1.807) is 19.2 Å². The maximum Gasteiger partial charge on any atom is 0.226 e. The van der Waals surface area contributed by atoms with E-state index in [0.29, 0.717) is 12.4 Å². The number of rotatable bonds is 6. The number of nitrogens with zero attached hydrogens (tertiary/aromatic N) is 4. The fourth-order valence-corrected chi connectivity index (χ4v) is 3.36. The van der Waals surface area contributed by atoms with Crippen LogP contribution < -0.4 is 5.32 Å². The van der Waals surface area contributed by atoms with Crippen LogP contribution in [-0.4, -0.2) is 53.8 Å². The van der Waals surface area contributed by atoms with Gasteiger partial charge in [0.1, 0.15) is 11.9 Å². The SMILES string of the molecule is CN=C(NCCCc1nc(C(C)C)no1)N1CC(C)OC(c2ccc(F)cc2)C1. The van der Waals surface area contributed by atoms with E-state index in [9.17, 15) is 4.39 Å². The van der Waals surface area contributed by atoms with Crippen LogP contribution in [0.15, 0.2) is 33.8 Å². The van der Waals surface area contributed by atoms with Gasteiger partial charge in [-0.3, -0.25) is 4.99 Å². The highest BCUT2D eigenvalue weighted by molar-refractivity contribution is 5.80. The topological polar surface area (TPSA) is 75.8 Å². The summed E-state index contributed by atoms with van der Waals surface area (Å²) in [4.78, 5) is 11.0. The molecule has 7 nitrogen and oxygen atoms in total. The van der Waals surface area contributed by atoms with Gasteiger partial charge in [0.2, 0.25) is 5.89 Å². The highest BCUT2D eigenvalue weighted by Crippen LogP contribution is 2.25. The molecule has 1 saturated heterocycles. The van der Waals surface area contributed by atoms with Gasteiger partial charge in [-0.15, -0.1) is 0 Å². The first-order valence-electron chi connectivity index (χ1n) is 10.1. The summed E-state index contributed by atoms with van der Waals surface area (Å²) >= 11 is 0. The molecular formula is C21H30FN5O2. The Morgan fingerprint density at radius 1 is 1.31 bits per heavy atom. The number of hydrogen-bond donors (Lipinski definition) is 1. The molecule has 0 amide bonds. The van der Waals surface area contributed by atoms with Crippen molar-refractivity contribution in [2.45, 2.75) is 51.7 Å². The van der Waals surface area contributed by atoms with Crippen molar-refractivity contribution in [2.75, 3.05) is 26.7 Å². The van der Waals surface area contributed by atoms with Crippen LogP contribution in [-0.2, 0) is 11.2 Å². The van der Waals surface area contributed by atoms with E-state index in [2.05, 4.69) is 25.3 Å². The molecular weight excluding hydrogens is 373 g/mol. The average Bonchev–Trinajstić information content (AvgIpc) is 3.17. The zero-order valence-corrected chi connectivity index (χ0v) is 17.6. The second-order valence-electron chi connectivity index (χ2n) is 7.67. The Bertz CT molecular complexity index is 806. The number of halogens is 1. The summed E-state index contributed by atoms with van der Waals surface area (Å²) in [5, 5.41) is 7.41. The third kappa shape index (κ3) is 5.76. The summed E-state index contributed by atoms with van der Waals surface area (Å²) in [5.41, 5.74) is 0.968. The Labute approximate surface area is 171 Å². The van der Waals surface area contributed by atoms with Crippen molar-refractivity contribution >= 4 is 5.96 Å². The molecule has 2 aromatic rings. The number of hydrogen-bond acceptors (Lipinski definition) is 5. The van der Waals surface area contributed by atoms with Gasteiger partial charge in [-0.2, -0.15) is 4.98 Å². The van der Waals surface area contributed by atoms with E-state index in [-0.39, 0.29) is 23.9 Å². The monoisotopic (exact) mass is 403 g/mol. The molecule has 0 saturated carbocycles. The molecule has 1 aliphatic heterocycles. The van der Waals surface area contributed by atoms with Gasteiger partial charge in [-0.1, -0.05) is 31.1 Å². The molecule has 29 heavy (non-hydrogen) atoms. The number of nitrogens with one attached hydrogen (secondary N) is 1. The molecule has 1 aromatic heterocycles. The van der Waals surface area contributed by atoms with Crippen LogP contribution in [0.3, 0.4) is 0 Å². The molecule has 1 aromatic carbocycles. The molecule has 2 atom stereocenters. The Balaban J connectivity index is 1.52. The van der Waals surface area contributed by atoms with Crippen LogP contribution in [0.1, 0.15) is 56.5 Å². The highest BCUT2D eigenvalue weighted by atomic mass is 19.1. The van der Waals surface area contributed by atoms with Crippen LogP contribution in [0.25, 0.3) is 0 Å². The fourth-order valence-electron chi connectivity index (χ4n) is 3.36. The normalized spacial score (nSPS) is 20.3. The van der Waals surface area contributed by atoms with Gasteiger partial charge >= 0.3 is 0 Å². The summed E-state index contributed by atoms with van der Waals surface area (Å²) in [6, 6.07) is 6.50. The molecule has 0 bridgehead atoms. The molecule has 0 spiro atoms. The quantitative estimate of drug-likeness (QED) is 0.453. The lowest BCUT2D eigenvalue weighted by Crippen LogP contribution is -2.50. The van der Waals surface area contributed by atoms with E-state index in [1.807, 2.05) is 20.8 Å². The first-order chi connectivity index (χ1) is 14.0. The van der Waals surface area contributed by atoms with Gasteiger partial charge in [0.15, 0.2) is 11.8 Å². The molecule has 1 aliphatic rings. The minimum absolute atomic E-state index is 0.0465. The van der Waals surface area contributed by atoms with Gasteiger partial charge in [-0.25, -0.2) is 4.39 Å². The second kappa shape index (κ2) is 9.82. The fraction of sp³-hybridized carbons (Fsp3) is 0.571. The maximum atomic E-state index is 13.2. The summed E-state index contributed by atoms with van der Waals surface area (Å²) in [6.07, 6.45) is 1.51. The van der Waals surface area contributed by atoms with Crippen LogP contribution in [0.5, 0.6) is 0 Å². The minimum atomic E-state index is -0.242. The molecule has 158 valence electrons. The van der Waals surface area contributed by atoms with Crippen LogP contribution in [0, 0.1) is 5.82 Å². The molecule has 1 N–H and O–H groups in total. The lowest BCUT2D eigenvalue weighted by atomic mass is 10.1. The summed E-state index contributed by atoms with van der Waals surface area (Å²) in [6.45, 7) is 8.29. The van der Waals surface area contributed by atoms with Crippen molar-refractivity contribution in [3.8, 4) is 0 Å². The van der Waals surface area contributed by atoms with E-state index >= 15 is 0 Å². The van der Waals surface area contributed by atoms with Gasteiger partial charge in [0.05, 0.1) is 12.6 Å². The third-order valence-electron chi connectivity index (χ3n) is 4.86. The molecule has 2 heterocycles. The zero-order valence-electron chi connectivity index (χ0n) is 17.6. The number of aliphatic imine (C=N–C) groups is 1. The Morgan fingerprint density at radius 3 is 2.72 bits per heavy atom. The Hall–Kier alpha value is -2.48. The highest BCUT2D eigenvalue weighted by Gasteiger charge is 2.28. The number of aromatic nitrogens is 2. The van der Waals surface area contributed by atoms with Crippen molar-refractivity contribution in [3.05, 3.63) is 47.4 Å². The van der Waals surface area contributed by atoms with Gasteiger partial charge in [0.25, 0.3) is 0 Å². The Morgan fingerprint density at radius 2 is 2.07 bits per heavy atom. The number of guanidine groups is 1. The van der Waals surface area contributed by atoms with Crippen LogP contribution >= 0.6 is 0 Å². The summed E-state index contributed by atoms with van der Waals surface area (Å²) in [5.74, 6) is 2.27. The predicted octanol–water partition coefficient (Wildman–Crippen LogP) is 3.30. The third-order valence-corrected chi connectivity index (χ3v) is 4.86. The first kappa shape index (κ1) is 21.2. The zero-order chi connectivity index (χ0) is 20.8. The van der Waals surface area contributed by atoms with Crippen molar-refractivity contribution in [1.29, 1.82) is 0 Å². The predicted molar refractivity (Wildman–Crippen MR) is 109 cm³/mol. The van der Waals surface area contributed by atoms with Crippen molar-refractivity contribution < 1.29 is 13.7 Å². The number of aryl methyl sites for hydroxylation is 1. The molecule has 8 heteroatoms. The summed E-state index contributed by atoms with van der Waals surface area (Å²) < 4.78 is 24.6. The van der Waals surface area contributed by atoms with E-state index in [1.165, 1.54) is 12.1 Å². The molecule has 1 fully saturated rings. The van der Waals surface area contributed by atoms with Gasteiger partial charge in [0, 0.05) is 32.5 Å². The van der Waals surface area contributed by atoms with Crippen LogP contribution in [0.4, 0.5) is 4.39 Å². The molecule has 2 unspecified atom stereocenters. The molecule has 0 radical (unpaired) electrons. The summed E-state index contributed by atoms with van der Waals surface area (Å²) in [7, 11) is 1.78. The number of benzene rings is 1. The second-order valence-corrected chi connectivity index (χ2v) is 7.67. The lowest BCUT2D eigenvalue weighted by molar-refractivity contribution is -0.0605. The maximum absolute atomic E-state index is 13.2. The number of ether oxygens (including phenoxy) is 1. The average molecular weight is 404 g/mol. The van der Waals surface area contributed by atoms with Gasteiger partial charge in [-0.05, 0) is 31.0 Å². The lowest BCUT2D eigenvalue weighted by Gasteiger charge is -2.38. The smallest absolute Gasteiger partial charge is 0.226 e. The van der Waals surface area contributed by atoms with Crippen molar-refractivity contribution in [2.24, 2.45) is 4.99 Å². The van der Waals surface area contributed by atoms with Gasteiger partial charge < -0.3 is 19.5 Å². The first-order valence-corrected chi connectivity index (χ1v) is 10.1. The van der Waals surface area contributed by atoms with Crippen LogP contribution in [0.2, 0.25) is 0 Å². The Kier molecular flexibility index (Phi) is 7.19. The largest absolute Gasteiger partial charge is 0.367 e. The van der Waals surface area contributed by atoms with E-state index in [4.69, 9.17) is 9.26 Å².